The molecule has 2 aromatic heterocycles. The van der Waals surface area contributed by atoms with Gasteiger partial charge in [0.15, 0.2) is 5.82 Å². The second-order valence-corrected chi connectivity index (χ2v) is 3.93. The molecule has 1 unspecified atom stereocenters. The van der Waals surface area contributed by atoms with Gasteiger partial charge >= 0.3 is 6.03 Å². The summed E-state index contributed by atoms with van der Waals surface area (Å²) in [5, 5.41) is 13.2. The van der Waals surface area contributed by atoms with Gasteiger partial charge in [-0.25, -0.2) is 4.79 Å². The summed E-state index contributed by atoms with van der Waals surface area (Å²) in [6, 6.07) is 3.08. The fourth-order valence-electron chi connectivity index (χ4n) is 1.58. The number of rotatable bonds is 4. The lowest BCUT2D eigenvalue weighted by Crippen LogP contribution is -2.37. The van der Waals surface area contributed by atoms with Crippen LogP contribution >= 0.6 is 0 Å². The fraction of sp³-hybridized carbons (Fsp3) is 0.364. The minimum atomic E-state index is -0.276. The van der Waals surface area contributed by atoms with Gasteiger partial charge in [0.2, 0.25) is 0 Å². The Bertz CT molecular complexity index is 505. The molecule has 18 heavy (non-hydrogen) atoms. The van der Waals surface area contributed by atoms with Crippen LogP contribution in [0.3, 0.4) is 0 Å². The Labute approximate surface area is 104 Å². The molecule has 0 saturated carbocycles. The molecule has 0 spiro atoms. The summed E-state index contributed by atoms with van der Waals surface area (Å²) in [5.74, 6) is 1.40. The van der Waals surface area contributed by atoms with Gasteiger partial charge in [-0.2, -0.15) is 0 Å². The minimum Gasteiger partial charge on any atom is -0.467 e. The molecule has 0 aliphatic heterocycles. The zero-order chi connectivity index (χ0) is 13.0. The second-order valence-electron chi connectivity index (χ2n) is 3.93. The highest BCUT2D eigenvalue weighted by Gasteiger charge is 2.13. The van der Waals surface area contributed by atoms with E-state index in [1.54, 1.807) is 29.3 Å². The Morgan fingerprint density at radius 1 is 1.61 bits per heavy atom. The molecule has 0 saturated heterocycles. The third kappa shape index (κ3) is 2.88. The van der Waals surface area contributed by atoms with E-state index in [4.69, 9.17) is 4.42 Å². The molecule has 0 fully saturated rings. The maximum absolute atomic E-state index is 11.6. The molecule has 0 aromatic carbocycles. The molecule has 2 rings (SSSR count). The van der Waals surface area contributed by atoms with Crippen molar-refractivity contribution in [3.05, 3.63) is 36.3 Å². The van der Waals surface area contributed by atoms with E-state index in [2.05, 4.69) is 20.8 Å². The zero-order valence-electron chi connectivity index (χ0n) is 10.3. The molecule has 0 bridgehead atoms. The number of aryl methyl sites for hydroxylation is 1. The lowest BCUT2D eigenvalue weighted by atomic mass is 10.3. The van der Waals surface area contributed by atoms with E-state index >= 15 is 0 Å². The second kappa shape index (κ2) is 5.35. The van der Waals surface area contributed by atoms with E-state index in [9.17, 15) is 4.79 Å². The van der Waals surface area contributed by atoms with Gasteiger partial charge < -0.3 is 19.6 Å². The molecule has 7 nitrogen and oxygen atoms in total. The van der Waals surface area contributed by atoms with Crippen molar-refractivity contribution in [3.63, 3.8) is 0 Å². The maximum atomic E-state index is 11.6. The van der Waals surface area contributed by atoms with Crippen molar-refractivity contribution in [3.8, 4) is 0 Å². The first-order valence-electron chi connectivity index (χ1n) is 5.57. The van der Waals surface area contributed by atoms with Gasteiger partial charge in [-0.3, -0.25) is 0 Å². The number of amides is 2. The Kier molecular flexibility index (Phi) is 3.61. The third-order valence-electron chi connectivity index (χ3n) is 2.48. The number of hydrogen-bond acceptors (Lipinski definition) is 4. The lowest BCUT2D eigenvalue weighted by Gasteiger charge is -2.13. The van der Waals surface area contributed by atoms with Crippen molar-refractivity contribution in [2.24, 2.45) is 7.05 Å². The SMILES string of the molecule is CC(NC(=O)NCc1ccco1)c1nncn1C. The van der Waals surface area contributed by atoms with Crippen molar-refractivity contribution in [1.29, 1.82) is 0 Å². The van der Waals surface area contributed by atoms with Gasteiger partial charge in [0.25, 0.3) is 0 Å². The van der Waals surface area contributed by atoms with Crippen LogP contribution in [0, 0.1) is 0 Å². The van der Waals surface area contributed by atoms with Crippen LogP contribution in [0.4, 0.5) is 4.79 Å². The van der Waals surface area contributed by atoms with Gasteiger partial charge in [-0.1, -0.05) is 0 Å². The highest BCUT2D eigenvalue weighted by atomic mass is 16.3. The predicted octanol–water partition coefficient (Wildman–Crippen LogP) is 0.969. The molecular formula is C11H15N5O2. The summed E-state index contributed by atoms with van der Waals surface area (Å²) < 4.78 is 6.87. The number of carbonyl (C=O) groups is 1. The molecule has 0 aliphatic rings. The summed E-state index contributed by atoms with van der Waals surface area (Å²) in [5.41, 5.74) is 0. The topological polar surface area (TPSA) is 85.0 Å². The van der Waals surface area contributed by atoms with Crippen LogP contribution in [0.15, 0.2) is 29.1 Å². The quantitative estimate of drug-likeness (QED) is 0.845. The first-order chi connectivity index (χ1) is 8.66. The number of hydrogen-bond donors (Lipinski definition) is 2. The fourth-order valence-corrected chi connectivity index (χ4v) is 1.58. The molecule has 2 heterocycles. The number of nitrogens with one attached hydrogen (secondary N) is 2. The number of urea groups is 1. The molecule has 7 heteroatoms. The molecule has 96 valence electrons. The normalized spacial score (nSPS) is 12.1. The van der Waals surface area contributed by atoms with Gasteiger partial charge in [-0.05, 0) is 19.1 Å². The van der Waals surface area contributed by atoms with Crippen molar-refractivity contribution >= 4 is 6.03 Å². The van der Waals surface area contributed by atoms with E-state index in [0.717, 1.165) is 0 Å². The van der Waals surface area contributed by atoms with Crippen LogP contribution in [0.1, 0.15) is 24.6 Å². The first kappa shape index (κ1) is 12.2. The summed E-state index contributed by atoms with van der Waals surface area (Å²) in [4.78, 5) is 11.6. The average molecular weight is 249 g/mol. The lowest BCUT2D eigenvalue weighted by molar-refractivity contribution is 0.236. The summed E-state index contributed by atoms with van der Waals surface area (Å²) in [7, 11) is 1.83. The number of aromatic nitrogens is 3. The maximum Gasteiger partial charge on any atom is 0.315 e. The third-order valence-corrected chi connectivity index (χ3v) is 2.48. The molecule has 2 N–H and O–H groups in total. The van der Waals surface area contributed by atoms with E-state index in [-0.39, 0.29) is 12.1 Å². The summed E-state index contributed by atoms with van der Waals surface area (Å²) in [6.45, 7) is 2.20. The van der Waals surface area contributed by atoms with Crippen LogP contribution in [-0.2, 0) is 13.6 Å². The minimum absolute atomic E-state index is 0.214. The highest BCUT2D eigenvalue weighted by molar-refractivity contribution is 5.74. The zero-order valence-corrected chi connectivity index (χ0v) is 10.3. The van der Waals surface area contributed by atoms with Gasteiger partial charge in [0, 0.05) is 7.05 Å². The summed E-state index contributed by atoms with van der Waals surface area (Å²) in [6.07, 6.45) is 3.16. The van der Waals surface area contributed by atoms with Crippen LogP contribution in [-0.4, -0.2) is 20.8 Å². The Hall–Kier alpha value is -2.31. The Balaban J connectivity index is 1.82. The molecular weight excluding hydrogens is 234 g/mol. The van der Waals surface area contributed by atoms with E-state index in [1.807, 2.05) is 14.0 Å². The van der Waals surface area contributed by atoms with E-state index in [0.29, 0.717) is 18.1 Å². The van der Waals surface area contributed by atoms with Crippen LogP contribution in [0.25, 0.3) is 0 Å². The van der Waals surface area contributed by atoms with Gasteiger partial charge in [0.05, 0.1) is 18.8 Å². The van der Waals surface area contributed by atoms with Crippen LogP contribution < -0.4 is 10.6 Å². The molecule has 0 aliphatic carbocycles. The number of furan rings is 1. The molecule has 2 amide bonds. The molecule has 0 radical (unpaired) electrons. The Morgan fingerprint density at radius 2 is 2.44 bits per heavy atom. The van der Waals surface area contributed by atoms with Crippen molar-refractivity contribution in [2.75, 3.05) is 0 Å². The molecule has 1 atom stereocenters. The van der Waals surface area contributed by atoms with Crippen molar-refractivity contribution < 1.29 is 9.21 Å². The Morgan fingerprint density at radius 3 is 3.06 bits per heavy atom. The monoisotopic (exact) mass is 249 g/mol. The standard InChI is InChI=1S/C11H15N5O2/c1-8(10-15-13-7-16(10)2)14-11(17)12-6-9-4-3-5-18-9/h3-5,7-8H,6H2,1-2H3,(H2,12,14,17). The largest absolute Gasteiger partial charge is 0.467 e. The number of nitrogens with zero attached hydrogens (tertiary/aromatic N) is 3. The highest BCUT2D eigenvalue weighted by Crippen LogP contribution is 2.06. The predicted molar refractivity (Wildman–Crippen MR) is 63.5 cm³/mol. The van der Waals surface area contributed by atoms with Gasteiger partial charge in [-0.15, -0.1) is 10.2 Å². The van der Waals surface area contributed by atoms with Crippen LogP contribution in [0.2, 0.25) is 0 Å². The van der Waals surface area contributed by atoms with Gasteiger partial charge in [0.1, 0.15) is 12.1 Å². The van der Waals surface area contributed by atoms with Crippen LogP contribution in [0.5, 0.6) is 0 Å². The van der Waals surface area contributed by atoms with Crippen molar-refractivity contribution in [2.45, 2.75) is 19.5 Å². The number of carbonyl (C=O) groups excluding carboxylic acids is 1. The first-order valence-corrected chi connectivity index (χ1v) is 5.57. The smallest absolute Gasteiger partial charge is 0.315 e. The average Bonchev–Trinajstić information content (AvgIpc) is 2.97. The summed E-state index contributed by atoms with van der Waals surface area (Å²) >= 11 is 0. The van der Waals surface area contributed by atoms with E-state index in [1.165, 1.54) is 0 Å². The van der Waals surface area contributed by atoms with Crippen molar-refractivity contribution in [1.82, 2.24) is 25.4 Å². The van der Waals surface area contributed by atoms with E-state index < -0.39 is 0 Å². The molecule has 2 aromatic rings.